The summed E-state index contributed by atoms with van der Waals surface area (Å²) in [4.78, 5) is 4.97. The van der Waals surface area contributed by atoms with Crippen LogP contribution in [-0.4, -0.2) is 33.3 Å². The Labute approximate surface area is 184 Å². The van der Waals surface area contributed by atoms with E-state index in [2.05, 4.69) is 61.0 Å². The van der Waals surface area contributed by atoms with Crippen LogP contribution in [0.5, 0.6) is 0 Å². The number of aliphatic hydroxyl groups excluding tert-OH is 1. The monoisotopic (exact) mass is 418 g/mol. The number of piperidine rings is 1. The number of hydrogen-bond donors (Lipinski definition) is 3. The average Bonchev–Trinajstić information content (AvgIpc) is 3.29. The predicted octanol–water partition coefficient (Wildman–Crippen LogP) is 4.12. The number of benzene rings is 2. The molecule has 5 heteroatoms. The lowest BCUT2D eigenvalue weighted by Crippen LogP contribution is -2.51. The molecule has 3 aromatic rings. The summed E-state index contributed by atoms with van der Waals surface area (Å²) in [5, 5.41) is 15.1. The lowest BCUT2D eigenvalue weighted by Gasteiger charge is -2.38. The minimum Gasteiger partial charge on any atom is -0.399 e. The fraction of sp³-hybridized carbons (Fsp3) is 0.500. The number of nitrogen functional groups attached to an aromatic ring is 1. The lowest BCUT2D eigenvalue weighted by molar-refractivity contribution is 0.0388. The van der Waals surface area contributed by atoms with Crippen LogP contribution >= 0.6 is 0 Å². The van der Waals surface area contributed by atoms with Gasteiger partial charge in [0, 0.05) is 17.6 Å². The summed E-state index contributed by atoms with van der Waals surface area (Å²) in [6.07, 6.45) is 3.60. The standard InChI is InChI=1S/C26H34N4O/c1-15(2)26-29-21-10-16(3)4-7-23(21)30(26)24-8-9-28-22(25(24)31)13-17-11-18-5-6-20(27)14-19(18)12-17/h4-7,10,14-15,17,22,24-25,28,31H,8-9,11-13,27H2,1-3H3/t17-,22?,24-,25-/m1/s1. The zero-order valence-corrected chi connectivity index (χ0v) is 18.8. The van der Waals surface area contributed by atoms with Gasteiger partial charge in [-0.25, -0.2) is 4.98 Å². The van der Waals surface area contributed by atoms with Crippen molar-refractivity contribution in [1.82, 2.24) is 14.9 Å². The number of hydrogen-bond acceptors (Lipinski definition) is 4. The third-order valence-electron chi connectivity index (χ3n) is 7.21. The molecule has 4 N–H and O–H groups in total. The molecule has 0 radical (unpaired) electrons. The van der Waals surface area contributed by atoms with Crippen LogP contribution in [0.15, 0.2) is 36.4 Å². The van der Waals surface area contributed by atoms with Crippen molar-refractivity contribution in [1.29, 1.82) is 0 Å². The van der Waals surface area contributed by atoms with E-state index in [-0.39, 0.29) is 12.1 Å². The molecule has 164 valence electrons. The first kappa shape index (κ1) is 20.5. The van der Waals surface area contributed by atoms with Crippen molar-refractivity contribution in [3.8, 4) is 0 Å². The number of nitrogens with two attached hydrogens (primary N) is 1. The van der Waals surface area contributed by atoms with Crippen LogP contribution in [0.1, 0.15) is 61.2 Å². The summed E-state index contributed by atoms with van der Waals surface area (Å²) < 4.78 is 2.34. The van der Waals surface area contributed by atoms with Gasteiger partial charge >= 0.3 is 0 Å². The zero-order valence-electron chi connectivity index (χ0n) is 18.8. The largest absolute Gasteiger partial charge is 0.399 e. The first-order valence-corrected chi connectivity index (χ1v) is 11.7. The third-order valence-corrected chi connectivity index (χ3v) is 7.21. The minimum absolute atomic E-state index is 0.0516. The number of fused-ring (bicyclic) bond motifs is 2. The van der Waals surface area contributed by atoms with Gasteiger partial charge in [-0.2, -0.15) is 0 Å². The van der Waals surface area contributed by atoms with Crippen molar-refractivity contribution < 1.29 is 5.11 Å². The van der Waals surface area contributed by atoms with Gasteiger partial charge in [-0.3, -0.25) is 0 Å². The van der Waals surface area contributed by atoms with E-state index in [9.17, 15) is 5.11 Å². The van der Waals surface area contributed by atoms with Crippen molar-refractivity contribution in [2.75, 3.05) is 12.3 Å². The molecule has 2 aliphatic rings. The fourth-order valence-electron chi connectivity index (χ4n) is 5.72. The van der Waals surface area contributed by atoms with E-state index in [4.69, 9.17) is 10.7 Å². The lowest BCUT2D eigenvalue weighted by atomic mass is 9.87. The molecule has 1 aromatic heterocycles. The molecule has 31 heavy (non-hydrogen) atoms. The van der Waals surface area contributed by atoms with Gasteiger partial charge in [0.2, 0.25) is 0 Å². The number of aromatic nitrogens is 2. The average molecular weight is 419 g/mol. The fourth-order valence-corrected chi connectivity index (χ4v) is 5.72. The predicted molar refractivity (Wildman–Crippen MR) is 126 cm³/mol. The molecular formula is C26H34N4O. The number of imidazole rings is 1. The third kappa shape index (κ3) is 3.74. The van der Waals surface area contributed by atoms with E-state index in [1.165, 1.54) is 16.7 Å². The number of aryl methyl sites for hydroxylation is 1. The Balaban J connectivity index is 1.40. The highest BCUT2D eigenvalue weighted by Gasteiger charge is 2.37. The topological polar surface area (TPSA) is 76.1 Å². The quantitative estimate of drug-likeness (QED) is 0.557. The molecule has 4 atom stereocenters. The summed E-state index contributed by atoms with van der Waals surface area (Å²) in [6, 6.07) is 12.9. The Kier molecular flexibility index (Phi) is 5.27. The van der Waals surface area contributed by atoms with E-state index in [1.54, 1.807) is 0 Å². The van der Waals surface area contributed by atoms with Crippen LogP contribution in [0.3, 0.4) is 0 Å². The van der Waals surface area contributed by atoms with Gasteiger partial charge in [0.15, 0.2) is 0 Å². The van der Waals surface area contributed by atoms with E-state index >= 15 is 0 Å². The SMILES string of the molecule is Cc1ccc2c(c1)nc(C(C)C)n2[C@@H]1CCNC(C[C@@H]2Cc3ccc(N)cc3C2)[C@H]1O. The molecule has 1 saturated heterocycles. The van der Waals surface area contributed by atoms with Gasteiger partial charge in [0.1, 0.15) is 5.82 Å². The zero-order chi connectivity index (χ0) is 21.7. The maximum absolute atomic E-state index is 11.5. The van der Waals surface area contributed by atoms with Crippen molar-refractivity contribution >= 4 is 16.7 Å². The normalized spacial score (nSPS) is 26.0. The van der Waals surface area contributed by atoms with Crippen LogP contribution in [0.2, 0.25) is 0 Å². The Hall–Kier alpha value is -2.37. The summed E-state index contributed by atoms with van der Waals surface area (Å²) in [5.74, 6) is 1.94. The summed E-state index contributed by atoms with van der Waals surface area (Å²) in [6.45, 7) is 7.41. The van der Waals surface area contributed by atoms with Crippen molar-refractivity contribution in [2.24, 2.45) is 5.92 Å². The maximum atomic E-state index is 11.5. The number of nitrogens with zero attached hydrogens (tertiary/aromatic N) is 2. The molecule has 1 aliphatic carbocycles. The number of nitrogens with one attached hydrogen (secondary N) is 1. The molecule has 1 unspecified atom stereocenters. The molecule has 5 rings (SSSR count). The second-order valence-corrected chi connectivity index (χ2v) is 9.93. The van der Waals surface area contributed by atoms with Gasteiger partial charge in [-0.15, -0.1) is 0 Å². The molecule has 1 aliphatic heterocycles. The molecular weight excluding hydrogens is 384 g/mol. The van der Waals surface area contributed by atoms with Crippen LogP contribution in [-0.2, 0) is 12.8 Å². The van der Waals surface area contributed by atoms with Crippen LogP contribution < -0.4 is 11.1 Å². The molecule has 0 bridgehead atoms. The van der Waals surface area contributed by atoms with Gasteiger partial charge in [0.25, 0.3) is 0 Å². The van der Waals surface area contributed by atoms with Gasteiger partial charge in [0.05, 0.1) is 23.2 Å². The van der Waals surface area contributed by atoms with E-state index < -0.39 is 6.10 Å². The Morgan fingerprint density at radius 3 is 2.77 bits per heavy atom. The van der Waals surface area contributed by atoms with E-state index in [0.29, 0.717) is 11.8 Å². The molecule has 0 spiro atoms. The molecule has 1 fully saturated rings. The van der Waals surface area contributed by atoms with Crippen molar-refractivity contribution in [3.63, 3.8) is 0 Å². The highest BCUT2D eigenvalue weighted by molar-refractivity contribution is 5.77. The smallest absolute Gasteiger partial charge is 0.112 e. The van der Waals surface area contributed by atoms with Gasteiger partial charge in [-0.05, 0) is 86.0 Å². The van der Waals surface area contributed by atoms with Gasteiger partial charge in [-0.1, -0.05) is 26.0 Å². The summed E-state index contributed by atoms with van der Waals surface area (Å²) >= 11 is 0. The van der Waals surface area contributed by atoms with Crippen LogP contribution in [0, 0.1) is 12.8 Å². The van der Waals surface area contributed by atoms with E-state index in [1.807, 2.05) is 6.07 Å². The molecule has 2 heterocycles. The Morgan fingerprint density at radius 1 is 1.16 bits per heavy atom. The Bertz CT molecular complexity index is 1100. The summed E-state index contributed by atoms with van der Waals surface area (Å²) in [7, 11) is 0. The molecule has 0 amide bonds. The summed E-state index contributed by atoms with van der Waals surface area (Å²) in [5.41, 5.74) is 13.0. The number of rotatable bonds is 4. The van der Waals surface area contributed by atoms with Crippen LogP contribution in [0.4, 0.5) is 5.69 Å². The maximum Gasteiger partial charge on any atom is 0.112 e. The molecule has 5 nitrogen and oxygen atoms in total. The van der Waals surface area contributed by atoms with Crippen LogP contribution in [0.25, 0.3) is 11.0 Å². The second kappa shape index (κ2) is 7.95. The number of aliphatic hydroxyl groups is 1. The second-order valence-electron chi connectivity index (χ2n) is 9.93. The molecule has 2 aromatic carbocycles. The number of anilines is 1. The first-order valence-electron chi connectivity index (χ1n) is 11.7. The highest BCUT2D eigenvalue weighted by Crippen LogP contribution is 2.36. The van der Waals surface area contributed by atoms with Crippen molar-refractivity contribution in [2.45, 2.75) is 70.6 Å². The first-order chi connectivity index (χ1) is 14.9. The Morgan fingerprint density at radius 2 is 1.97 bits per heavy atom. The van der Waals surface area contributed by atoms with E-state index in [0.717, 1.165) is 54.8 Å². The molecule has 0 saturated carbocycles. The van der Waals surface area contributed by atoms with Gasteiger partial charge < -0.3 is 20.7 Å². The van der Waals surface area contributed by atoms with Crippen molar-refractivity contribution in [3.05, 3.63) is 58.9 Å². The minimum atomic E-state index is -0.432. The highest BCUT2D eigenvalue weighted by atomic mass is 16.3.